The predicted octanol–water partition coefficient (Wildman–Crippen LogP) is 0.449. The summed E-state index contributed by atoms with van der Waals surface area (Å²) in [4.78, 5) is 10.1. The highest BCUT2D eigenvalue weighted by atomic mass is 35.5. The summed E-state index contributed by atoms with van der Waals surface area (Å²) in [5.74, 6) is 0. The maximum absolute atomic E-state index is 10.1. The molecule has 0 aliphatic rings. The van der Waals surface area contributed by atoms with Crippen LogP contribution in [0, 0.1) is 0 Å². The smallest absolute Gasteiger partial charge is 0.276 e. The third kappa shape index (κ3) is 0.840. The summed E-state index contributed by atoms with van der Waals surface area (Å²) in [6.07, 6.45) is 1.08. The van der Waals surface area contributed by atoms with Gasteiger partial charge in [0.05, 0.1) is 0 Å². The first-order valence-electron chi connectivity index (χ1n) is 1.77. The Balaban J connectivity index is 2.93. The molecule has 0 radical (unpaired) electrons. The molecule has 4 nitrogen and oxygen atoms in total. The van der Waals surface area contributed by atoms with E-state index >= 15 is 0 Å². The van der Waals surface area contributed by atoms with Crippen LogP contribution in [0.3, 0.4) is 0 Å². The number of halogens is 1. The Hall–Kier alpha value is -0.900. The van der Waals surface area contributed by atoms with Gasteiger partial charge in [0.2, 0.25) is 0 Å². The van der Waals surface area contributed by atoms with Gasteiger partial charge in [0, 0.05) is 5.27 Å². The fourth-order valence-electron chi connectivity index (χ4n) is 0.250. The molecule has 0 spiro atoms. The molecule has 0 N–H and O–H groups in total. The number of carbonyl (C=O) groups is 1. The Morgan fingerprint density at radius 1 is 1.88 bits per heavy atom. The quantitative estimate of drug-likeness (QED) is 0.521. The maximum Gasteiger partial charge on any atom is 0.276 e. The molecule has 0 saturated heterocycles. The summed E-state index contributed by atoms with van der Waals surface area (Å²) < 4.78 is 4.21. The predicted molar refractivity (Wildman–Crippen MR) is 24.5 cm³/mol. The van der Waals surface area contributed by atoms with Crippen molar-refractivity contribution in [3.05, 3.63) is 12.0 Å². The highest BCUT2D eigenvalue weighted by Crippen LogP contribution is 1.95. The molecule has 1 heterocycles. The van der Waals surface area contributed by atoms with Gasteiger partial charge >= 0.3 is 0 Å². The summed E-state index contributed by atoms with van der Waals surface area (Å²) in [6.45, 7) is 0. The summed E-state index contributed by atoms with van der Waals surface area (Å²) in [7, 11) is 0. The standard InChI is InChI=1S/C3HClN2O2/c4-3(7)2-1-8-6-5-2/h1H. The third-order valence-electron chi connectivity index (χ3n) is 0.561. The molecule has 1 rings (SSSR count). The normalized spacial score (nSPS) is 9.12. The van der Waals surface area contributed by atoms with Crippen LogP contribution in [0.5, 0.6) is 0 Å². The van der Waals surface area contributed by atoms with E-state index in [2.05, 4.69) is 14.9 Å². The van der Waals surface area contributed by atoms with E-state index in [1.807, 2.05) is 0 Å². The number of rotatable bonds is 1. The largest absolute Gasteiger partial charge is 0.345 e. The van der Waals surface area contributed by atoms with Gasteiger partial charge in [-0.25, -0.2) is 0 Å². The minimum atomic E-state index is -0.661. The number of carbonyl (C=O) groups excluding carboxylic acids is 1. The molecule has 0 fully saturated rings. The molecule has 42 valence electrons. The first kappa shape index (κ1) is 5.24. The third-order valence-corrected chi connectivity index (χ3v) is 0.755. The first-order chi connectivity index (χ1) is 3.80. The molecule has 1 aromatic heterocycles. The van der Waals surface area contributed by atoms with Crippen LogP contribution in [0.2, 0.25) is 0 Å². The van der Waals surface area contributed by atoms with Crippen molar-refractivity contribution in [2.75, 3.05) is 0 Å². The topological polar surface area (TPSA) is 56.0 Å². The van der Waals surface area contributed by atoms with Crippen molar-refractivity contribution in [2.24, 2.45) is 0 Å². The van der Waals surface area contributed by atoms with Gasteiger partial charge < -0.3 is 4.52 Å². The summed E-state index contributed by atoms with van der Waals surface area (Å²) in [6, 6.07) is 0. The highest BCUT2D eigenvalue weighted by molar-refractivity contribution is 6.67. The summed E-state index contributed by atoms with van der Waals surface area (Å²) in [5, 5.41) is 5.57. The maximum atomic E-state index is 10.1. The van der Waals surface area contributed by atoms with E-state index in [1.165, 1.54) is 0 Å². The number of aromatic nitrogens is 2. The average Bonchev–Trinajstić information content (AvgIpc) is 2.12. The van der Waals surface area contributed by atoms with Gasteiger partial charge in [0.25, 0.3) is 5.24 Å². The van der Waals surface area contributed by atoms with Crippen LogP contribution in [0.15, 0.2) is 10.8 Å². The van der Waals surface area contributed by atoms with Gasteiger partial charge in [-0.05, 0) is 11.6 Å². The molecule has 0 aliphatic heterocycles. The van der Waals surface area contributed by atoms with E-state index < -0.39 is 5.24 Å². The Morgan fingerprint density at radius 3 is 2.88 bits per heavy atom. The van der Waals surface area contributed by atoms with Crippen LogP contribution in [0.25, 0.3) is 0 Å². The van der Waals surface area contributed by atoms with Gasteiger partial charge in [0.1, 0.15) is 0 Å². The van der Waals surface area contributed by atoms with Crippen molar-refractivity contribution in [1.29, 1.82) is 0 Å². The van der Waals surface area contributed by atoms with Crippen molar-refractivity contribution in [3.8, 4) is 0 Å². The Morgan fingerprint density at radius 2 is 2.62 bits per heavy atom. The summed E-state index contributed by atoms with van der Waals surface area (Å²) >= 11 is 4.94. The fourth-order valence-corrected chi connectivity index (χ4v) is 0.333. The molecule has 0 aliphatic carbocycles. The van der Waals surface area contributed by atoms with Crippen molar-refractivity contribution in [1.82, 2.24) is 10.4 Å². The van der Waals surface area contributed by atoms with Crippen molar-refractivity contribution in [2.45, 2.75) is 0 Å². The lowest BCUT2D eigenvalue weighted by Crippen LogP contribution is -1.86. The number of hydrogen-bond acceptors (Lipinski definition) is 4. The molecule has 0 atom stereocenters. The molecular formula is C3HClN2O2. The van der Waals surface area contributed by atoms with Gasteiger partial charge in [-0.2, -0.15) is 0 Å². The zero-order chi connectivity index (χ0) is 5.98. The minimum absolute atomic E-state index is 0.0340. The van der Waals surface area contributed by atoms with Crippen LogP contribution in [-0.4, -0.2) is 15.6 Å². The zero-order valence-electron chi connectivity index (χ0n) is 3.67. The van der Waals surface area contributed by atoms with Crippen LogP contribution >= 0.6 is 11.6 Å². The minimum Gasteiger partial charge on any atom is -0.345 e. The molecule has 5 heteroatoms. The molecule has 0 bridgehead atoms. The van der Waals surface area contributed by atoms with Gasteiger partial charge in [-0.15, -0.1) is 5.10 Å². The molecule has 0 amide bonds. The lowest BCUT2D eigenvalue weighted by Gasteiger charge is -1.71. The fraction of sp³-hybridized carbons (Fsp3) is 0. The first-order valence-corrected chi connectivity index (χ1v) is 2.15. The zero-order valence-corrected chi connectivity index (χ0v) is 4.42. The SMILES string of the molecule is O=C(Cl)c1conn1. The van der Waals surface area contributed by atoms with Crippen molar-refractivity contribution in [3.63, 3.8) is 0 Å². The lowest BCUT2D eigenvalue weighted by molar-refractivity contribution is 0.107. The summed E-state index contributed by atoms with van der Waals surface area (Å²) in [5.41, 5.74) is 0.0340. The van der Waals surface area contributed by atoms with Crippen LogP contribution < -0.4 is 0 Å². The Kier molecular flexibility index (Phi) is 1.26. The molecule has 0 aromatic carbocycles. The number of hydrogen-bond donors (Lipinski definition) is 0. The Bertz CT molecular complexity index is 183. The van der Waals surface area contributed by atoms with Crippen LogP contribution in [0.4, 0.5) is 0 Å². The van der Waals surface area contributed by atoms with E-state index in [9.17, 15) is 4.79 Å². The van der Waals surface area contributed by atoms with E-state index in [0.29, 0.717) is 0 Å². The molecule has 8 heavy (non-hydrogen) atoms. The Labute approximate surface area is 49.4 Å². The average molecular weight is 133 g/mol. The number of nitrogens with zero attached hydrogens (tertiary/aromatic N) is 2. The van der Waals surface area contributed by atoms with Crippen LogP contribution in [-0.2, 0) is 0 Å². The molecule has 0 unspecified atom stereocenters. The molecule has 0 saturated carbocycles. The second-order valence-electron chi connectivity index (χ2n) is 1.06. The molecular weight excluding hydrogens is 131 g/mol. The van der Waals surface area contributed by atoms with E-state index in [-0.39, 0.29) is 5.69 Å². The second kappa shape index (κ2) is 1.92. The van der Waals surface area contributed by atoms with Gasteiger partial charge in [-0.1, -0.05) is 0 Å². The van der Waals surface area contributed by atoms with E-state index in [0.717, 1.165) is 6.26 Å². The van der Waals surface area contributed by atoms with Gasteiger partial charge in [-0.3, -0.25) is 4.79 Å². The highest BCUT2D eigenvalue weighted by Gasteiger charge is 2.03. The van der Waals surface area contributed by atoms with Crippen LogP contribution in [0.1, 0.15) is 10.5 Å². The van der Waals surface area contributed by atoms with Crippen molar-refractivity contribution >= 4 is 16.8 Å². The lowest BCUT2D eigenvalue weighted by atomic mass is 10.6. The van der Waals surface area contributed by atoms with E-state index in [1.54, 1.807) is 0 Å². The monoisotopic (exact) mass is 132 g/mol. The second-order valence-corrected chi connectivity index (χ2v) is 1.41. The molecule has 1 aromatic rings. The van der Waals surface area contributed by atoms with E-state index in [4.69, 9.17) is 11.6 Å². The van der Waals surface area contributed by atoms with Crippen molar-refractivity contribution < 1.29 is 9.32 Å². The van der Waals surface area contributed by atoms with Gasteiger partial charge in [0.15, 0.2) is 12.0 Å².